The fourth-order valence-corrected chi connectivity index (χ4v) is 3.45. The van der Waals surface area contributed by atoms with Crippen LogP contribution in [0.4, 0.5) is 11.6 Å². The highest BCUT2D eigenvalue weighted by molar-refractivity contribution is 6.30. The van der Waals surface area contributed by atoms with Crippen LogP contribution in [-0.2, 0) is 4.79 Å². The number of Topliss-reactive ketones (excluding diaryl/α,β-unsaturated/α-hetero) is 1. The standard InChI is InChI=1S/C26H29ClN6O3/c1-16-23(29-13-12-28-18(3)35)32-25(20-8-10-22(27)11-9-20)33-24(16)30-14-15-31-26(36)21-6-4-19(5-7-21)17(2)34/h4-11H,12-15H2,1-3H3,(H,28,35)(H,31,36)(H2,29,30,32,33). The van der Waals surface area contributed by atoms with E-state index in [0.29, 0.717) is 59.8 Å². The molecule has 3 rings (SSSR count). The van der Waals surface area contributed by atoms with Crippen molar-refractivity contribution in [1.29, 1.82) is 0 Å². The van der Waals surface area contributed by atoms with Crippen molar-refractivity contribution in [1.82, 2.24) is 20.6 Å². The Morgan fingerprint density at radius 2 is 1.28 bits per heavy atom. The number of halogens is 1. The summed E-state index contributed by atoms with van der Waals surface area (Å²) in [6.45, 7) is 6.59. The molecular weight excluding hydrogens is 480 g/mol. The molecule has 0 unspecified atom stereocenters. The maximum atomic E-state index is 12.4. The SMILES string of the molecule is CC(=O)NCCNc1nc(-c2ccc(Cl)cc2)nc(NCCNC(=O)c2ccc(C(C)=O)cc2)c1C. The van der Waals surface area contributed by atoms with Crippen LogP contribution >= 0.6 is 11.6 Å². The molecule has 0 aliphatic heterocycles. The van der Waals surface area contributed by atoms with Gasteiger partial charge in [0.1, 0.15) is 11.6 Å². The van der Waals surface area contributed by atoms with Crippen LogP contribution in [0, 0.1) is 6.92 Å². The van der Waals surface area contributed by atoms with E-state index < -0.39 is 0 Å². The summed E-state index contributed by atoms with van der Waals surface area (Å²) in [5, 5.41) is 12.7. The Labute approximate surface area is 215 Å². The van der Waals surface area contributed by atoms with E-state index in [2.05, 4.69) is 31.2 Å². The lowest BCUT2D eigenvalue weighted by atomic mass is 10.1. The number of carbonyl (C=O) groups is 3. The summed E-state index contributed by atoms with van der Waals surface area (Å²) in [6.07, 6.45) is 0. The number of aromatic nitrogens is 2. The minimum atomic E-state index is -0.228. The molecule has 0 fully saturated rings. The Balaban J connectivity index is 1.67. The number of nitrogens with one attached hydrogen (secondary N) is 4. The molecule has 0 bridgehead atoms. The molecule has 0 saturated carbocycles. The molecular formula is C26H29ClN6O3. The molecule has 0 radical (unpaired) electrons. The van der Waals surface area contributed by atoms with Crippen molar-refractivity contribution in [2.45, 2.75) is 20.8 Å². The van der Waals surface area contributed by atoms with Gasteiger partial charge in [0.25, 0.3) is 5.91 Å². The predicted molar refractivity (Wildman–Crippen MR) is 142 cm³/mol. The quantitative estimate of drug-likeness (QED) is 0.230. The fourth-order valence-electron chi connectivity index (χ4n) is 3.32. The number of rotatable bonds is 11. The molecule has 2 aromatic carbocycles. The third-order valence-electron chi connectivity index (χ3n) is 5.30. The maximum Gasteiger partial charge on any atom is 0.251 e. The fraction of sp³-hybridized carbons (Fsp3) is 0.269. The van der Waals surface area contributed by atoms with Gasteiger partial charge in [-0.25, -0.2) is 9.97 Å². The van der Waals surface area contributed by atoms with Crippen LogP contribution in [0.15, 0.2) is 48.5 Å². The minimum absolute atomic E-state index is 0.0478. The van der Waals surface area contributed by atoms with Crippen molar-refractivity contribution in [3.63, 3.8) is 0 Å². The lowest BCUT2D eigenvalue weighted by Gasteiger charge is -2.16. The zero-order chi connectivity index (χ0) is 26.1. The van der Waals surface area contributed by atoms with Crippen LogP contribution in [0.2, 0.25) is 5.02 Å². The van der Waals surface area contributed by atoms with Crippen molar-refractivity contribution in [2.75, 3.05) is 36.8 Å². The summed E-state index contributed by atoms with van der Waals surface area (Å²) in [7, 11) is 0. The lowest BCUT2D eigenvalue weighted by Crippen LogP contribution is -2.29. The van der Waals surface area contributed by atoms with Gasteiger partial charge in [-0.05, 0) is 50.2 Å². The van der Waals surface area contributed by atoms with Crippen molar-refractivity contribution in [3.05, 3.63) is 70.2 Å². The molecule has 2 amide bonds. The van der Waals surface area contributed by atoms with E-state index in [0.717, 1.165) is 11.1 Å². The van der Waals surface area contributed by atoms with E-state index in [9.17, 15) is 14.4 Å². The van der Waals surface area contributed by atoms with Gasteiger partial charge in [0.2, 0.25) is 5.91 Å². The van der Waals surface area contributed by atoms with Gasteiger partial charge < -0.3 is 21.3 Å². The first-order chi connectivity index (χ1) is 17.2. The van der Waals surface area contributed by atoms with Crippen LogP contribution in [0.1, 0.15) is 40.1 Å². The molecule has 10 heteroatoms. The Hall–Kier alpha value is -3.98. The predicted octanol–water partition coefficient (Wildman–Crippen LogP) is 3.70. The first-order valence-electron chi connectivity index (χ1n) is 11.5. The highest BCUT2D eigenvalue weighted by Gasteiger charge is 2.13. The second kappa shape index (κ2) is 12.6. The molecule has 1 aromatic heterocycles. The normalized spacial score (nSPS) is 10.4. The number of hydrogen-bond acceptors (Lipinski definition) is 7. The number of amides is 2. The van der Waals surface area contributed by atoms with E-state index in [4.69, 9.17) is 11.6 Å². The molecule has 9 nitrogen and oxygen atoms in total. The van der Waals surface area contributed by atoms with Crippen LogP contribution < -0.4 is 21.3 Å². The highest BCUT2D eigenvalue weighted by Crippen LogP contribution is 2.26. The van der Waals surface area contributed by atoms with Crippen molar-refractivity contribution >= 4 is 40.8 Å². The Morgan fingerprint density at radius 3 is 1.81 bits per heavy atom. The number of nitrogens with zero attached hydrogens (tertiary/aromatic N) is 2. The molecule has 4 N–H and O–H groups in total. The Kier molecular flexibility index (Phi) is 9.35. The molecule has 188 valence electrons. The number of benzene rings is 2. The topological polar surface area (TPSA) is 125 Å². The zero-order valence-corrected chi connectivity index (χ0v) is 21.2. The van der Waals surface area contributed by atoms with Crippen molar-refractivity contribution in [2.24, 2.45) is 0 Å². The average Bonchev–Trinajstić information content (AvgIpc) is 2.86. The molecule has 0 aliphatic carbocycles. The zero-order valence-electron chi connectivity index (χ0n) is 20.4. The number of anilines is 2. The van der Waals surface area contributed by atoms with Gasteiger partial charge in [-0.15, -0.1) is 0 Å². The molecule has 0 spiro atoms. The summed E-state index contributed by atoms with van der Waals surface area (Å²) in [5.74, 6) is 1.39. The van der Waals surface area contributed by atoms with Crippen molar-refractivity contribution < 1.29 is 14.4 Å². The molecule has 0 aliphatic rings. The monoisotopic (exact) mass is 508 g/mol. The highest BCUT2D eigenvalue weighted by atomic mass is 35.5. The third-order valence-corrected chi connectivity index (χ3v) is 5.55. The van der Waals surface area contributed by atoms with E-state index in [-0.39, 0.29) is 17.6 Å². The van der Waals surface area contributed by atoms with Crippen molar-refractivity contribution in [3.8, 4) is 11.4 Å². The van der Waals surface area contributed by atoms with E-state index >= 15 is 0 Å². The van der Waals surface area contributed by atoms with Crippen LogP contribution in [-0.4, -0.2) is 53.7 Å². The first kappa shape index (κ1) is 26.6. The molecule has 0 atom stereocenters. The van der Waals surface area contributed by atoms with E-state index in [1.165, 1.54) is 13.8 Å². The van der Waals surface area contributed by atoms with Gasteiger partial charge in [-0.1, -0.05) is 23.7 Å². The van der Waals surface area contributed by atoms with Crippen LogP contribution in [0.5, 0.6) is 0 Å². The van der Waals surface area contributed by atoms with Gasteiger partial charge >= 0.3 is 0 Å². The van der Waals surface area contributed by atoms with Gasteiger partial charge in [-0.2, -0.15) is 0 Å². The molecule has 3 aromatic rings. The largest absolute Gasteiger partial charge is 0.368 e. The van der Waals surface area contributed by atoms with Gasteiger partial charge in [-0.3, -0.25) is 14.4 Å². The van der Waals surface area contributed by atoms with E-state index in [1.54, 1.807) is 36.4 Å². The summed E-state index contributed by atoms with van der Waals surface area (Å²) in [5.41, 5.74) is 2.65. The van der Waals surface area contributed by atoms with Gasteiger partial charge in [0.15, 0.2) is 11.6 Å². The number of ketones is 1. The second-order valence-corrected chi connectivity index (χ2v) is 8.54. The van der Waals surface area contributed by atoms with Crippen LogP contribution in [0.25, 0.3) is 11.4 Å². The third kappa shape index (κ3) is 7.51. The molecule has 36 heavy (non-hydrogen) atoms. The maximum absolute atomic E-state index is 12.4. The summed E-state index contributed by atoms with van der Waals surface area (Å²) in [4.78, 5) is 44.3. The average molecular weight is 509 g/mol. The smallest absolute Gasteiger partial charge is 0.251 e. The second-order valence-electron chi connectivity index (χ2n) is 8.10. The lowest BCUT2D eigenvalue weighted by molar-refractivity contribution is -0.118. The van der Waals surface area contributed by atoms with Gasteiger partial charge in [0.05, 0.1) is 0 Å². The minimum Gasteiger partial charge on any atom is -0.368 e. The van der Waals surface area contributed by atoms with Gasteiger partial charge in [0, 0.05) is 60.4 Å². The summed E-state index contributed by atoms with van der Waals surface area (Å²) in [6, 6.07) is 13.8. The van der Waals surface area contributed by atoms with E-state index in [1.807, 2.05) is 19.1 Å². The summed E-state index contributed by atoms with van der Waals surface area (Å²) < 4.78 is 0. The number of carbonyl (C=O) groups excluding carboxylic acids is 3. The Bertz CT molecular complexity index is 1230. The number of hydrogen-bond donors (Lipinski definition) is 4. The molecule has 1 heterocycles. The van der Waals surface area contributed by atoms with Crippen LogP contribution in [0.3, 0.4) is 0 Å². The Morgan fingerprint density at radius 1 is 0.750 bits per heavy atom. The summed E-state index contributed by atoms with van der Waals surface area (Å²) >= 11 is 6.02. The first-order valence-corrected chi connectivity index (χ1v) is 11.9. The molecule has 0 saturated heterocycles.